The minimum Gasteiger partial charge on any atom is -0.494 e. The molecular formula is C27H33N3O2S. The number of piperazine rings is 1. The smallest absolute Gasteiger partial charge is 0.225 e. The summed E-state index contributed by atoms with van der Waals surface area (Å²) >= 11 is 1.82. The van der Waals surface area contributed by atoms with Crippen molar-refractivity contribution in [2.24, 2.45) is 0 Å². The Kier molecular flexibility index (Phi) is 6.30. The maximum Gasteiger partial charge on any atom is 0.225 e. The van der Waals surface area contributed by atoms with Gasteiger partial charge >= 0.3 is 0 Å². The number of amides is 1. The fourth-order valence-corrected chi connectivity index (χ4v) is 5.90. The number of hydrogen-bond donors (Lipinski definition) is 1. The van der Waals surface area contributed by atoms with Gasteiger partial charge < -0.3 is 15.0 Å². The van der Waals surface area contributed by atoms with Crippen LogP contribution in [0, 0.1) is 0 Å². The molecule has 0 bridgehead atoms. The molecule has 0 spiro atoms. The third-order valence-electron chi connectivity index (χ3n) is 6.92. The van der Waals surface area contributed by atoms with Gasteiger partial charge in [-0.1, -0.05) is 26.0 Å². The molecule has 33 heavy (non-hydrogen) atoms. The molecule has 0 aliphatic carbocycles. The van der Waals surface area contributed by atoms with Crippen LogP contribution >= 0.6 is 11.3 Å². The van der Waals surface area contributed by atoms with Gasteiger partial charge in [-0.25, -0.2) is 0 Å². The average Bonchev–Trinajstić information content (AvgIpc) is 3.27. The SMILES string of the molecule is CC1(C)CC(=O)Nc2cc(OCCCCN3CCN(c4cccc5sccc45)CC3)ccc21. The van der Waals surface area contributed by atoms with Gasteiger partial charge in [-0.3, -0.25) is 9.69 Å². The van der Waals surface area contributed by atoms with Crippen LogP contribution in [0.3, 0.4) is 0 Å². The number of fused-ring (bicyclic) bond motifs is 2. The molecule has 1 amide bonds. The highest BCUT2D eigenvalue weighted by Crippen LogP contribution is 2.38. The molecule has 2 aromatic carbocycles. The Labute approximate surface area is 200 Å². The fourth-order valence-electron chi connectivity index (χ4n) is 5.09. The van der Waals surface area contributed by atoms with E-state index in [1.54, 1.807) is 0 Å². The van der Waals surface area contributed by atoms with E-state index in [0.717, 1.165) is 57.0 Å². The molecule has 1 N–H and O–H groups in total. The summed E-state index contributed by atoms with van der Waals surface area (Å²) in [7, 11) is 0. The van der Waals surface area contributed by atoms with Crippen molar-refractivity contribution in [3.63, 3.8) is 0 Å². The molecule has 1 saturated heterocycles. The van der Waals surface area contributed by atoms with Gasteiger partial charge in [0.1, 0.15) is 5.75 Å². The lowest BCUT2D eigenvalue weighted by Gasteiger charge is -2.36. The van der Waals surface area contributed by atoms with Crippen LogP contribution in [0.15, 0.2) is 47.8 Å². The van der Waals surface area contributed by atoms with Crippen LogP contribution in [0.5, 0.6) is 5.75 Å². The molecule has 1 aromatic heterocycles. The summed E-state index contributed by atoms with van der Waals surface area (Å²) in [4.78, 5) is 17.1. The first-order valence-electron chi connectivity index (χ1n) is 12.0. The van der Waals surface area contributed by atoms with E-state index in [0.29, 0.717) is 13.0 Å². The third-order valence-corrected chi connectivity index (χ3v) is 7.80. The molecule has 174 valence electrons. The zero-order chi connectivity index (χ0) is 22.8. The Morgan fingerprint density at radius 2 is 1.91 bits per heavy atom. The van der Waals surface area contributed by atoms with Gasteiger partial charge in [-0.05, 0) is 54.6 Å². The molecule has 6 heteroatoms. The minimum absolute atomic E-state index is 0.0803. The second kappa shape index (κ2) is 9.35. The van der Waals surface area contributed by atoms with Gasteiger partial charge in [-0.2, -0.15) is 0 Å². The van der Waals surface area contributed by atoms with Crippen molar-refractivity contribution in [2.45, 2.75) is 38.5 Å². The minimum atomic E-state index is -0.129. The Morgan fingerprint density at radius 1 is 1.06 bits per heavy atom. The van der Waals surface area contributed by atoms with Crippen LogP contribution in [-0.2, 0) is 10.2 Å². The number of carbonyl (C=O) groups is 1. The van der Waals surface area contributed by atoms with Gasteiger partial charge in [0.05, 0.1) is 6.61 Å². The summed E-state index contributed by atoms with van der Waals surface area (Å²) in [6.45, 7) is 10.5. The zero-order valence-electron chi connectivity index (χ0n) is 19.6. The third kappa shape index (κ3) is 4.87. The zero-order valence-corrected chi connectivity index (χ0v) is 20.4. The Morgan fingerprint density at radius 3 is 2.76 bits per heavy atom. The molecule has 2 aliphatic rings. The van der Waals surface area contributed by atoms with E-state index in [-0.39, 0.29) is 11.3 Å². The van der Waals surface area contributed by atoms with Gasteiger partial charge in [0.2, 0.25) is 5.91 Å². The van der Waals surface area contributed by atoms with Crippen LogP contribution in [0.4, 0.5) is 11.4 Å². The lowest BCUT2D eigenvalue weighted by Crippen LogP contribution is -2.46. The number of ether oxygens (including phenoxy) is 1. The molecule has 1 fully saturated rings. The topological polar surface area (TPSA) is 44.8 Å². The summed E-state index contributed by atoms with van der Waals surface area (Å²) in [5, 5.41) is 6.57. The number of rotatable bonds is 7. The highest BCUT2D eigenvalue weighted by molar-refractivity contribution is 7.17. The van der Waals surface area contributed by atoms with Crippen LogP contribution < -0.4 is 15.0 Å². The quantitative estimate of drug-likeness (QED) is 0.470. The van der Waals surface area contributed by atoms with Crippen LogP contribution in [-0.4, -0.2) is 50.1 Å². The van der Waals surface area contributed by atoms with E-state index in [1.807, 2.05) is 23.5 Å². The summed E-state index contributed by atoms with van der Waals surface area (Å²) in [6, 6.07) is 15.0. The van der Waals surface area contributed by atoms with Crippen molar-refractivity contribution in [2.75, 3.05) is 49.5 Å². The molecule has 3 heterocycles. The largest absolute Gasteiger partial charge is 0.494 e. The predicted octanol–water partition coefficient (Wildman–Crippen LogP) is 5.50. The number of thiophene rings is 1. The molecule has 0 unspecified atom stereocenters. The van der Waals surface area contributed by atoms with Crippen LogP contribution in [0.1, 0.15) is 38.7 Å². The first-order chi connectivity index (χ1) is 16.0. The van der Waals surface area contributed by atoms with Gasteiger partial charge in [0.15, 0.2) is 0 Å². The highest BCUT2D eigenvalue weighted by atomic mass is 32.1. The molecule has 3 aromatic rings. The number of nitrogens with one attached hydrogen (secondary N) is 1. The number of carbonyl (C=O) groups excluding carboxylic acids is 1. The number of anilines is 2. The highest BCUT2D eigenvalue weighted by Gasteiger charge is 2.31. The summed E-state index contributed by atoms with van der Waals surface area (Å²) in [5.41, 5.74) is 3.33. The molecule has 0 atom stereocenters. The number of benzene rings is 2. The maximum absolute atomic E-state index is 12.0. The van der Waals surface area contributed by atoms with Crippen molar-refractivity contribution < 1.29 is 9.53 Å². The normalized spacial score (nSPS) is 18.2. The summed E-state index contributed by atoms with van der Waals surface area (Å²) in [5.74, 6) is 0.916. The Balaban J connectivity index is 1.05. The van der Waals surface area contributed by atoms with Crippen molar-refractivity contribution in [1.82, 2.24) is 4.90 Å². The van der Waals surface area contributed by atoms with E-state index in [1.165, 1.54) is 21.3 Å². The second-order valence-corrected chi connectivity index (χ2v) is 10.8. The number of nitrogens with zero attached hydrogens (tertiary/aromatic N) is 2. The van der Waals surface area contributed by atoms with Gasteiger partial charge in [-0.15, -0.1) is 11.3 Å². The van der Waals surface area contributed by atoms with Gasteiger partial charge in [0.25, 0.3) is 0 Å². The average molecular weight is 464 g/mol. The summed E-state index contributed by atoms with van der Waals surface area (Å²) in [6.07, 6.45) is 2.69. The van der Waals surface area contributed by atoms with E-state index >= 15 is 0 Å². The maximum atomic E-state index is 12.0. The van der Waals surface area contributed by atoms with E-state index in [2.05, 4.69) is 64.7 Å². The van der Waals surface area contributed by atoms with Crippen molar-refractivity contribution in [3.05, 3.63) is 53.4 Å². The number of unbranched alkanes of at least 4 members (excludes halogenated alkanes) is 1. The Bertz CT molecular complexity index is 1130. The monoisotopic (exact) mass is 463 g/mol. The molecule has 0 saturated carbocycles. The molecule has 5 rings (SSSR count). The lowest BCUT2D eigenvalue weighted by molar-refractivity contribution is -0.117. The van der Waals surface area contributed by atoms with Gasteiger partial charge in [0, 0.05) is 65.5 Å². The molecule has 5 nitrogen and oxygen atoms in total. The second-order valence-electron chi connectivity index (χ2n) is 9.81. The number of hydrogen-bond acceptors (Lipinski definition) is 5. The van der Waals surface area contributed by atoms with E-state index in [4.69, 9.17) is 4.74 Å². The van der Waals surface area contributed by atoms with Crippen molar-refractivity contribution >= 4 is 38.7 Å². The molecule has 2 aliphatic heterocycles. The molecule has 0 radical (unpaired) electrons. The summed E-state index contributed by atoms with van der Waals surface area (Å²) < 4.78 is 7.37. The fraction of sp³-hybridized carbons (Fsp3) is 0.444. The molecular weight excluding hydrogens is 430 g/mol. The van der Waals surface area contributed by atoms with Crippen LogP contribution in [0.2, 0.25) is 0 Å². The first-order valence-corrected chi connectivity index (χ1v) is 12.9. The first kappa shape index (κ1) is 22.2. The Hall–Kier alpha value is -2.57. The van der Waals surface area contributed by atoms with E-state index < -0.39 is 0 Å². The lowest BCUT2D eigenvalue weighted by atomic mass is 9.78. The van der Waals surface area contributed by atoms with Crippen molar-refractivity contribution in [1.29, 1.82) is 0 Å². The standard InChI is InChI=1S/C27H33N3O2S/c1-27(2)19-26(31)28-23-18-20(8-9-22(23)27)32-16-4-3-11-29-12-14-30(15-13-29)24-6-5-7-25-21(24)10-17-33-25/h5-10,17-18H,3-4,11-16,19H2,1-2H3,(H,28,31). The van der Waals surface area contributed by atoms with Crippen molar-refractivity contribution in [3.8, 4) is 5.75 Å². The van der Waals surface area contributed by atoms with Crippen LogP contribution in [0.25, 0.3) is 10.1 Å². The van der Waals surface area contributed by atoms with E-state index in [9.17, 15) is 4.79 Å². The predicted molar refractivity (Wildman–Crippen MR) is 138 cm³/mol.